The van der Waals surface area contributed by atoms with Gasteiger partial charge in [-0.2, -0.15) is 0 Å². The summed E-state index contributed by atoms with van der Waals surface area (Å²) in [5.41, 5.74) is 1.55. The Morgan fingerprint density at radius 3 is 2.38 bits per heavy atom. The minimum absolute atomic E-state index is 0.180. The summed E-state index contributed by atoms with van der Waals surface area (Å²) in [7, 11) is 3.16. The quantitative estimate of drug-likeness (QED) is 0.841. The number of aromatic hydroxyl groups is 1. The molecule has 84 valence electrons. The smallest absolute Gasteiger partial charge is 0.162 e. The Balaban J connectivity index is 2.78. The molecular formula is C12H13NO3. The lowest BCUT2D eigenvalue weighted by Crippen LogP contribution is -1.92. The van der Waals surface area contributed by atoms with Crippen LogP contribution in [0.15, 0.2) is 18.3 Å². The molecule has 0 saturated carbocycles. The second-order valence-electron chi connectivity index (χ2n) is 3.49. The van der Waals surface area contributed by atoms with E-state index in [0.29, 0.717) is 11.5 Å². The van der Waals surface area contributed by atoms with Crippen molar-refractivity contribution in [3.63, 3.8) is 0 Å². The van der Waals surface area contributed by atoms with Crippen LogP contribution in [0.3, 0.4) is 0 Å². The Bertz CT molecular complexity index is 537. The maximum atomic E-state index is 9.57. The largest absolute Gasteiger partial charge is 0.506 e. The fourth-order valence-electron chi connectivity index (χ4n) is 1.64. The van der Waals surface area contributed by atoms with Gasteiger partial charge in [0, 0.05) is 17.0 Å². The Morgan fingerprint density at radius 1 is 1.12 bits per heavy atom. The van der Waals surface area contributed by atoms with E-state index in [9.17, 15) is 5.11 Å². The topological polar surface area (TPSA) is 51.6 Å². The van der Waals surface area contributed by atoms with Crippen molar-refractivity contribution in [3.8, 4) is 17.2 Å². The molecule has 4 nitrogen and oxygen atoms in total. The average molecular weight is 219 g/mol. The SMILES string of the molecule is COc1cc2ncc(O)c(C)c2cc1OC. The molecule has 2 aromatic rings. The molecule has 0 spiro atoms. The van der Waals surface area contributed by atoms with E-state index in [1.165, 1.54) is 6.20 Å². The maximum absolute atomic E-state index is 9.57. The molecule has 1 heterocycles. The highest BCUT2D eigenvalue weighted by Crippen LogP contribution is 2.34. The zero-order chi connectivity index (χ0) is 11.7. The molecule has 1 aromatic heterocycles. The lowest BCUT2D eigenvalue weighted by atomic mass is 10.1. The Kier molecular flexibility index (Phi) is 2.56. The fourth-order valence-corrected chi connectivity index (χ4v) is 1.64. The van der Waals surface area contributed by atoms with E-state index in [1.807, 2.05) is 13.0 Å². The summed E-state index contributed by atoms with van der Waals surface area (Å²) >= 11 is 0. The van der Waals surface area contributed by atoms with Gasteiger partial charge in [0.05, 0.1) is 25.9 Å². The first-order valence-electron chi connectivity index (χ1n) is 4.87. The van der Waals surface area contributed by atoms with Gasteiger partial charge in [0.2, 0.25) is 0 Å². The Hall–Kier alpha value is -1.97. The van der Waals surface area contributed by atoms with Gasteiger partial charge in [0.25, 0.3) is 0 Å². The van der Waals surface area contributed by atoms with E-state index in [0.717, 1.165) is 16.5 Å². The van der Waals surface area contributed by atoms with E-state index in [2.05, 4.69) is 4.98 Å². The molecule has 0 radical (unpaired) electrons. The molecule has 0 bridgehead atoms. The van der Waals surface area contributed by atoms with Crippen molar-refractivity contribution in [2.45, 2.75) is 6.92 Å². The predicted octanol–water partition coefficient (Wildman–Crippen LogP) is 2.27. The molecule has 16 heavy (non-hydrogen) atoms. The zero-order valence-corrected chi connectivity index (χ0v) is 9.44. The lowest BCUT2D eigenvalue weighted by Gasteiger charge is -2.10. The normalized spacial score (nSPS) is 10.4. The van der Waals surface area contributed by atoms with Crippen molar-refractivity contribution < 1.29 is 14.6 Å². The van der Waals surface area contributed by atoms with E-state index < -0.39 is 0 Å². The highest BCUT2D eigenvalue weighted by Gasteiger charge is 2.10. The van der Waals surface area contributed by atoms with E-state index in [-0.39, 0.29) is 5.75 Å². The van der Waals surface area contributed by atoms with E-state index >= 15 is 0 Å². The summed E-state index contributed by atoms with van der Waals surface area (Å²) in [6, 6.07) is 3.61. The minimum atomic E-state index is 0.180. The monoisotopic (exact) mass is 219 g/mol. The van der Waals surface area contributed by atoms with Crippen LogP contribution in [0, 0.1) is 6.92 Å². The predicted molar refractivity (Wildman–Crippen MR) is 61.2 cm³/mol. The number of aromatic nitrogens is 1. The van der Waals surface area contributed by atoms with Crippen LogP contribution in [0.2, 0.25) is 0 Å². The molecule has 0 aliphatic heterocycles. The van der Waals surface area contributed by atoms with Gasteiger partial charge in [-0.15, -0.1) is 0 Å². The Morgan fingerprint density at radius 2 is 1.75 bits per heavy atom. The number of hydrogen-bond acceptors (Lipinski definition) is 4. The van der Waals surface area contributed by atoms with Crippen LogP contribution in [0.4, 0.5) is 0 Å². The molecule has 0 aliphatic rings. The minimum Gasteiger partial charge on any atom is -0.506 e. The third-order valence-corrected chi connectivity index (χ3v) is 2.62. The van der Waals surface area contributed by atoms with Gasteiger partial charge in [0.1, 0.15) is 5.75 Å². The van der Waals surface area contributed by atoms with Crippen LogP contribution in [0.5, 0.6) is 17.2 Å². The molecule has 0 aliphatic carbocycles. The van der Waals surface area contributed by atoms with Crippen molar-refractivity contribution >= 4 is 10.9 Å². The van der Waals surface area contributed by atoms with Crippen LogP contribution in [-0.4, -0.2) is 24.3 Å². The number of methoxy groups -OCH3 is 2. The third-order valence-electron chi connectivity index (χ3n) is 2.62. The second-order valence-corrected chi connectivity index (χ2v) is 3.49. The number of fused-ring (bicyclic) bond motifs is 1. The molecule has 0 saturated heterocycles. The van der Waals surface area contributed by atoms with Gasteiger partial charge in [0.15, 0.2) is 11.5 Å². The lowest BCUT2D eigenvalue weighted by molar-refractivity contribution is 0.355. The van der Waals surface area contributed by atoms with Crippen LogP contribution < -0.4 is 9.47 Å². The van der Waals surface area contributed by atoms with Crippen molar-refractivity contribution in [1.82, 2.24) is 4.98 Å². The third kappa shape index (κ3) is 1.52. The highest BCUT2D eigenvalue weighted by molar-refractivity contribution is 5.87. The average Bonchev–Trinajstić information content (AvgIpc) is 2.32. The van der Waals surface area contributed by atoms with Crippen LogP contribution >= 0.6 is 0 Å². The number of pyridine rings is 1. The molecular weight excluding hydrogens is 206 g/mol. The van der Waals surface area contributed by atoms with Gasteiger partial charge in [-0.3, -0.25) is 4.98 Å². The fraction of sp³-hybridized carbons (Fsp3) is 0.250. The van der Waals surface area contributed by atoms with Gasteiger partial charge in [-0.25, -0.2) is 0 Å². The molecule has 2 rings (SSSR count). The summed E-state index contributed by atoms with van der Waals surface area (Å²) in [5.74, 6) is 1.44. The summed E-state index contributed by atoms with van der Waals surface area (Å²) in [6.07, 6.45) is 1.43. The van der Waals surface area contributed by atoms with Gasteiger partial charge in [-0.1, -0.05) is 0 Å². The standard InChI is InChI=1S/C12H13NO3/c1-7-8-4-11(15-2)12(16-3)5-9(8)13-6-10(7)14/h4-6,14H,1-3H3. The van der Waals surface area contributed by atoms with Crippen molar-refractivity contribution in [1.29, 1.82) is 0 Å². The van der Waals surface area contributed by atoms with Crippen molar-refractivity contribution in [2.75, 3.05) is 14.2 Å². The number of nitrogens with zero attached hydrogens (tertiary/aromatic N) is 1. The van der Waals surface area contributed by atoms with Crippen LogP contribution in [0.1, 0.15) is 5.56 Å². The number of rotatable bonds is 2. The first kappa shape index (κ1) is 10.5. The number of aryl methyl sites for hydroxylation is 1. The zero-order valence-electron chi connectivity index (χ0n) is 9.44. The van der Waals surface area contributed by atoms with Gasteiger partial charge >= 0.3 is 0 Å². The van der Waals surface area contributed by atoms with Gasteiger partial charge in [-0.05, 0) is 13.0 Å². The molecule has 0 unspecified atom stereocenters. The number of hydrogen-bond donors (Lipinski definition) is 1. The Labute approximate surface area is 93.4 Å². The highest BCUT2D eigenvalue weighted by atomic mass is 16.5. The first-order chi connectivity index (χ1) is 7.67. The van der Waals surface area contributed by atoms with E-state index in [4.69, 9.17) is 9.47 Å². The summed E-state index contributed by atoms with van der Waals surface area (Å²) in [5, 5.41) is 10.4. The summed E-state index contributed by atoms with van der Waals surface area (Å²) in [4.78, 5) is 4.14. The summed E-state index contributed by atoms with van der Waals surface area (Å²) in [6.45, 7) is 1.84. The van der Waals surface area contributed by atoms with Crippen LogP contribution in [-0.2, 0) is 0 Å². The first-order valence-corrected chi connectivity index (χ1v) is 4.87. The van der Waals surface area contributed by atoms with Crippen LogP contribution in [0.25, 0.3) is 10.9 Å². The van der Waals surface area contributed by atoms with Crippen molar-refractivity contribution in [3.05, 3.63) is 23.9 Å². The van der Waals surface area contributed by atoms with E-state index in [1.54, 1.807) is 20.3 Å². The number of ether oxygens (including phenoxy) is 2. The number of benzene rings is 1. The van der Waals surface area contributed by atoms with Gasteiger partial charge < -0.3 is 14.6 Å². The maximum Gasteiger partial charge on any atom is 0.162 e. The molecule has 0 atom stereocenters. The second kappa shape index (κ2) is 3.89. The molecule has 4 heteroatoms. The summed E-state index contributed by atoms with van der Waals surface area (Å²) < 4.78 is 10.4. The molecule has 1 aromatic carbocycles. The van der Waals surface area contributed by atoms with Crippen molar-refractivity contribution in [2.24, 2.45) is 0 Å². The molecule has 0 amide bonds. The molecule has 1 N–H and O–H groups in total. The molecule has 0 fully saturated rings.